The standard InChI is InChI=1S/C112H71BN6O/c1-112(2,3)79-62-92(69-22-7-5-8-23-69)111(93(63-79)70-24-9-6-10-25-70)119-104-66-81(116-99-35-18-15-30-87(99)94-56-68(67-114)38-53-101(94)116)49-52-98(104)113-97-51-50-82(117-100-36-19-16-31-88(100)95-64-80(115-4)48-54-102(95)117)65-103(97)118(105-60-78(61-106(119)109(105)113)75-47-55-108-96(57-75)89-32-17-20-37-107(89)120-108)110-85(76-45-43-73-41-39-71-26-11-13-28-83(71)90(73)58-76)33-21-34-86(110)77-46-44-74-42-40-72-27-12-14-29-84(72)91(74)59-77/h5-66H,1-3H3/i15D,16D,18D,19D,30D,31D,35D,36D,38D,48D,53D,54D,56D,64D. The second kappa shape index (κ2) is 26.4. The fourth-order valence-corrected chi connectivity index (χ4v) is 19.0. The van der Waals surface area contributed by atoms with Gasteiger partial charge in [0.2, 0.25) is 0 Å². The number of nitrogens with zero attached hydrogens (tertiary/aromatic N) is 6. The van der Waals surface area contributed by atoms with E-state index in [1.54, 1.807) is 9.13 Å². The zero-order valence-corrected chi connectivity index (χ0v) is 64.9. The van der Waals surface area contributed by atoms with Crippen LogP contribution in [0.4, 0.5) is 39.8 Å². The Hall–Kier alpha value is -15.7. The molecule has 0 spiro atoms. The van der Waals surface area contributed by atoms with Crippen molar-refractivity contribution in [3.05, 3.63) is 398 Å². The van der Waals surface area contributed by atoms with Crippen molar-refractivity contribution in [3.8, 4) is 73.1 Å². The van der Waals surface area contributed by atoms with Gasteiger partial charge < -0.3 is 23.4 Å². The number of aromatic nitrogens is 2. The lowest BCUT2D eigenvalue weighted by Gasteiger charge is -2.46. The maximum Gasteiger partial charge on any atom is 0.252 e. The number of hydrogen-bond acceptors (Lipinski definition) is 4. The molecule has 0 saturated carbocycles. The molecule has 0 saturated heterocycles. The van der Waals surface area contributed by atoms with Gasteiger partial charge in [0.05, 0.1) is 68.1 Å². The van der Waals surface area contributed by atoms with Crippen molar-refractivity contribution in [3.63, 3.8) is 0 Å². The summed E-state index contributed by atoms with van der Waals surface area (Å²) < 4.78 is 146. The summed E-state index contributed by atoms with van der Waals surface area (Å²) in [6.45, 7) is 14.1. The predicted molar refractivity (Wildman–Crippen MR) is 503 cm³/mol. The molecule has 120 heavy (non-hydrogen) atoms. The number of nitriles is 1. The third-order valence-electron chi connectivity index (χ3n) is 24.5. The third kappa shape index (κ3) is 10.5. The van der Waals surface area contributed by atoms with Crippen LogP contribution in [0.5, 0.6) is 0 Å². The largest absolute Gasteiger partial charge is 0.456 e. The van der Waals surface area contributed by atoms with Gasteiger partial charge in [0, 0.05) is 86.1 Å². The number of benzene rings is 19. The molecule has 0 bridgehead atoms. The first-order chi connectivity index (χ1) is 64.9. The molecule has 0 radical (unpaired) electrons. The summed E-state index contributed by atoms with van der Waals surface area (Å²) in [5, 5.41) is 20.3. The molecule has 2 aliphatic rings. The Morgan fingerprint density at radius 2 is 0.825 bits per heavy atom. The average Bonchev–Trinajstić information content (AvgIpc) is 1.60. The zero-order valence-electron chi connectivity index (χ0n) is 78.9. The van der Waals surface area contributed by atoms with Crippen molar-refractivity contribution in [2.45, 2.75) is 26.2 Å². The molecule has 0 atom stereocenters. The Labute approximate surface area is 713 Å². The van der Waals surface area contributed by atoms with Crippen molar-refractivity contribution >= 4 is 172 Å². The van der Waals surface area contributed by atoms with E-state index in [2.05, 4.69) is 217 Å². The van der Waals surface area contributed by atoms with Crippen molar-refractivity contribution in [2.24, 2.45) is 0 Å². The van der Waals surface area contributed by atoms with Crippen LogP contribution in [0.1, 0.15) is 51.1 Å². The molecular weight excluding hydrogens is 1460 g/mol. The highest BCUT2D eigenvalue weighted by molar-refractivity contribution is 7.00. The SMILES string of the molecule is [2H]c1c([2H])c([2H])c2c(c1[2H])c1c([2H])c(C#N)c([2H])c([2H])c1n2-c1ccc2c(c1)N(c1c(-c3ccccc3)cc(C(C)(C)C)cc1-c1ccccc1)c1cc(-c3ccc4oc5ccccc5c4c3)cc3c1B2c1ccc(-n2c4c([2H])c([2H])c([2H])c([2H])c4c4c([2H])c([N+]#[C-])c([2H])c([2H])c42)cc1N3c1c(-c2ccc3ccc4ccccc4c3c2)cccc1-c1ccc2ccc3ccccc3c2c1. The van der Waals surface area contributed by atoms with Gasteiger partial charge in [0.25, 0.3) is 6.71 Å². The molecule has 0 aliphatic carbocycles. The Morgan fingerprint density at radius 3 is 1.38 bits per heavy atom. The lowest BCUT2D eigenvalue weighted by Crippen LogP contribution is -2.61. The van der Waals surface area contributed by atoms with E-state index in [4.69, 9.17) is 11.0 Å². The molecule has 22 aromatic rings. The van der Waals surface area contributed by atoms with Crippen LogP contribution in [0.25, 0.3) is 180 Å². The number of fused-ring (bicyclic) bond motifs is 19. The smallest absolute Gasteiger partial charge is 0.252 e. The van der Waals surface area contributed by atoms with Gasteiger partial charge in [-0.2, -0.15) is 5.26 Å². The van der Waals surface area contributed by atoms with E-state index in [9.17, 15) is 24.5 Å². The first-order valence-electron chi connectivity index (χ1n) is 47.0. The van der Waals surface area contributed by atoms with Gasteiger partial charge in [-0.15, -0.1) is 0 Å². The summed E-state index contributed by atoms with van der Waals surface area (Å²) in [6.07, 6.45) is 0. The summed E-state index contributed by atoms with van der Waals surface area (Å²) in [5.41, 5.74) is 15.3. The quantitative estimate of drug-likeness (QED) is 0.0821. The Balaban J connectivity index is 0.925. The molecule has 8 heteroatoms. The summed E-state index contributed by atoms with van der Waals surface area (Å²) in [5.74, 6) is 0. The van der Waals surface area contributed by atoms with Crippen molar-refractivity contribution in [1.29, 1.82) is 5.26 Å². The van der Waals surface area contributed by atoms with E-state index < -0.39 is 108 Å². The monoisotopic (exact) mass is 1540 g/mol. The van der Waals surface area contributed by atoms with Crippen LogP contribution in [-0.2, 0) is 5.41 Å². The topological polar surface area (TPSA) is 57.6 Å². The minimum Gasteiger partial charge on any atom is -0.456 e. The molecule has 558 valence electrons. The summed E-state index contributed by atoms with van der Waals surface area (Å²) >= 11 is 0. The number of rotatable bonds is 9. The molecule has 3 aromatic heterocycles. The van der Waals surface area contributed by atoms with E-state index in [1.807, 2.05) is 115 Å². The summed E-state index contributed by atoms with van der Waals surface area (Å²) in [6, 6.07) is 94.9. The average molecular weight is 1540 g/mol. The normalized spacial score (nSPS) is 14.2. The van der Waals surface area contributed by atoms with Gasteiger partial charge in [-0.25, -0.2) is 4.85 Å². The van der Waals surface area contributed by atoms with Crippen LogP contribution < -0.4 is 26.2 Å². The van der Waals surface area contributed by atoms with Crippen LogP contribution in [0, 0.1) is 17.9 Å². The van der Waals surface area contributed by atoms with Gasteiger partial charge in [-0.1, -0.05) is 275 Å². The van der Waals surface area contributed by atoms with Crippen molar-refractivity contribution < 1.29 is 23.6 Å². The first-order valence-corrected chi connectivity index (χ1v) is 40.0. The van der Waals surface area contributed by atoms with E-state index in [0.717, 1.165) is 126 Å². The zero-order chi connectivity index (χ0) is 91.9. The van der Waals surface area contributed by atoms with Crippen LogP contribution >= 0.6 is 0 Å². The highest BCUT2D eigenvalue weighted by Crippen LogP contribution is 2.56. The maximum absolute atomic E-state index is 10.8. The van der Waals surface area contributed by atoms with Gasteiger partial charge >= 0.3 is 0 Å². The molecule has 19 aromatic carbocycles. The van der Waals surface area contributed by atoms with E-state index in [0.29, 0.717) is 50.5 Å². The number of furan rings is 1. The third-order valence-corrected chi connectivity index (χ3v) is 24.5. The maximum atomic E-state index is 10.8. The van der Waals surface area contributed by atoms with Crippen LogP contribution in [0.3, 0.4) is 0 Å². The summed E-state index contributed by atoms with van der Waals surface area (Å²) in [7, 11) is 0. The van der Waals surface area contributed by atoms with Crippen molar-refractivity contribution in [2.75, 3.05) is 9.80 Å². The number of anilines is 6. The molecule has 5 heterocycles. The number of para-hydroxylation sites is 4. The lowest BCUT2D eigenvalue weighted by molar-refractivity contribution is 0.591. The highest BCUT2D eigenvalue weighted by atomic mass is 16.3. The second-order valence-electron chi connectivity index (χ2n) is 32.1. The molecule has 0 amide bonds. The van der Waals surface area contributed by atoms with Crippen LogP contribution in [0.2, 0.25) is 0 Å². The summed E-state index contributed by atoms with van der Waals surface area (Å²) in [4.78, 5) is 8.31. The van der Waals surface area contributed by atoms with Gasteiger partial charge in [-0.05, 0) is 230 Å². The molecule has 7 nitrogen and oxygen atoms in total. The van der Waals surface area contributed by atoms with Crippen molar-refractivity contribution in [1.82, 2.24) is 9.13 Å². The fraction of sp³-hybridized carbons (Fsp3) is 0.0357. The molecule has 0 N–H and O–H groups in total. The van der Waals surface area contributed by atoms with Gasteiger partial charge in [-0.3, -0.25) is 0 Å². The molecule has 0 fully saturated rings. The highest BCUT2D eigenvalue weighted by Gasteiger charge is 2.46. The van der Waals surface area contributed by atoms with Crippen LogP contribution in [0.15, 0.2) is 380 Å². The molecular formula is C112H71BN6O. The minimum atomic E-state index is -0.873. The predicted octanol–water partition coefficient (Wildman–Crippen LogP) is 28.5. The molecule has 2 aliphatic heterocycles. The van der Waals surface area contributed by atoms with Crippen LogP contribution in [-0.4, -0.2) is 15.8 Å². The molecule has 24 rings (SSSR count). The van der Waals surface area contributed by atoms with Gasteiger partial charge in [0.15, 0.2) is 5.69 Å². The Bertz CT molecular complexity index is 8990. The van der Waals surface area contributed by atoms with Gasteiger partial charge in [0.1, 0.15) is 11.2 Å². The molecule has 0 unspecified atom stereocenters. The first kappa shape index (κ1) is 55.7. The fourth-order valence-electron chi connectivity index (χ4n) is 19.0. The van der Waals surface area contributed by atoms with E-state index in [1.165, 1.54) is 0 Å². The van der Waals surface area contributed by atoms with E-state index >= 15 is 0 Å². The Kier molecular flexibility index (Phi) is 12.3. The minimum absolute atomic E-state index is 0.0892. The van der Waals surface area contributed by atoms with E-state index in [-0.39, 0.29) is 55.0 Å². The second-order valence-corrected chi connectivity index (χ2v) is 32.1. The lowest BCUT2D eigenvalue weighted by atomic mass is 9.33. The number of hydrogen-bond donors (Lipinski definition) is 0. The Morgan fingerprint density at radius 1 is 0.358 bits per heavy atom.